The molecule has 1 aromatic carbocycles. The summed E-state index contributed by atoms with van der Waals surface area (Å²) in [6.07, 6.45) is 2.87. The largest absolute Gasteiger partial charge is 0.467 e. The second-order valence-electron chi connectivity index (χ2n) is 5.00. The molecule has 2 unspecified atom stereocenters. The zero-order valence-electron chi connectivity index (χ0n) is 10.9. The van der Waals surface area contributed by atoms with Crippen LogP contribution in [0.4, 0.5) is 0 Å². The highest BCUT2D eigenvalue weighted by Crippen LogP contribution is 2.23. The smallest absolute Gasteiger partial charge is 0.125 e. The standard InChI is InChI=1S/C16H19NO2/c1-2-5-14(6-3-1)16(15-7-4-9-19-15)17-11-13-8-10-18-12-13/h1-7,9,13,16-17H,8,10-12H2. The second-order valence-corrected chi connectivity index (χ2v) is 5.00. The van der Waals surface area contributed by atoms with Gasteiger partial charge in [0.2, 0.25) is 0 Å². The van der Waals surface area contributed by atoms with Crippen molar-refractivity contribution in [3.63, 3.8) is 0 Å². The Morgan fingerprint density at radius 1 is 1.16 bits per heavy atom. The van der Waals surface area contributed by atoms with Crippen LogP contribution in [0.1, 0.15) is 23.8 Å². The van der Waals surface area contributed by atoms with Crippen LogP contribution < -0.4 is 5.32 Å². The Kier molecular flexibility index (Phi) is 3.96. The van der Waals surface area contributed by atoms with Gasteiger partial charge >= 0.3 is 0 Å². The molecular weight excluding hydrogens is 238 g/mol. The molecule has 1 saturated heterocycles. The fourth-order valence-corrected chi connectivity index (χ4v) is 2.51. The van der Waals surface area contributed by atoms with Crippen LogP contribution in [-0.4, -0.2) is 19.8 Å². The predicted octanol–water partition coefficient (Wildman–Crippen LogP) is 3.00. The molecule has 19 heavy (non-hydrogen) atoms. The summed E-state index contributed by atoms with van der Waals surface area (Å²) in [7, 11) is 0. The van der Waals surface area contributed by atoms with Crippen molar-refractivity contribution in [3.05, 3.63) is 60.1 Å². The molecular formula is C16H19NO2. The highest BCUT2D eigenvalue weighted by molar-refractivity contribution is 5.26. The lowest BCUT2D eigenvalue weighted by Gasteiger charge is -2.19. The van der Waals surface area contributed by atoms with Crippen molar-refractivity contribution in [1.29, 1.82) is 0 Å². The van der Waals surface area contributed by atoms with Gasteiger partial charge in [-0.05, 0) is 30.0 Å². The van der Waals surface area contributed by atoms with Gasteiger partial charge in [-0.1, -0.05) is 30.3 Å². The van der Waals surface area contributed by atoms with E-state index in [-0.39, 0.29) is 6.04 Å². The summed E-state index contributed by atoms with van der Waals surface area (Å²) in [5.41, 5.74) is 1.23. The molecule has 1 aliphatic heterocycles. The van der Waals surface area contributed by atoms with E-state index in [4.69, 9.17) is 9.15 Å². The minimum atomic E-state index is 0.122. The average molecular weight is 257 g/mol. The van der Waals surface area contributed by atoms with Crippen LogP contribution in [0.5, 0.6) is 0 Å². The summed E-state index contributed by atoms with van der Waals surface area (Å²) in [5, 5.41) is 3.61. The molecule has 1 aromatic heterocycles. The van der Waals surface area contributed by atoms with Gasteiger partial charge in [-0.3, -0.25) is 0 Å². The molecule has 2 aromatic rings. The van der Waals surface area contributed by atoms with Gasteiger partial charge in [0.25, 0.3) is 0 Å². The lowest BCUT2D eigenvalue weighted by Crippen LogP contribution is -2.28. The van der Waals surface area contributed by atoms with Crippen molar-refractivity contribution < 1.29 is 9.15 Å². The molecule has 0 bridgehead atoms. The van der Waals surface area contributed by atoms with Gasteiger partial charge in [-0.2, -0.15) is 0 Å². The molecule has 0 spiro atoms. The van der Waals surface area contributed by atoms with Crippen LogP contribution in [0.25, 0.3) is 0 Å². The maximum absolute atomic E-state index is 5.57. The third kappa shape index (κ3) is 3.06. The highest BCUT2D eigenvalue weighted by Gasteiger charge is 2.20. The Morgan fingerprint density at radius 3 is 2.74 bits per heavy atom. The van der Waals surface area contributed by atoms with Gasteiger partial charge in [0.15, 0.2) is 0 Å². The first-order valence-electron chi connectivity index (χ1n) is 6.83. The van der Waals surface area contributed by atoms with Crippen molar-refractivity contribution in [2.24, 2.45) is 5.92 Å². The van der Waals surface area contributed by atoms with Crippen molar-refractivity contribution >= 4 is 0 Å². The van der Waals surface area contributed by atoms with Crippen LogP contribution >= 0.6 is 0 Å². The van der Waals surface area contributed by atoms with Gasteiger partial charge in [0.05, 0.1) is 18.9 Å². The lowest BCUT2D eigenvalue weighted by atomic mass is 10.0. The van der Waals surface area contributed by atoms with E-state index in [1.807, 2.05) is 18.2 Å². The van der Waals surface area contributed by atoms with Crippen LogP contribution in [0.3, 0.4) is 0 Å². The number of furan rings is 1. The molecule has 100 valence electrons. The minimum absolute atomic E-state index is 0.122. The third-order valence-electron chi connectivity index (χ3n) is 3.60. The van der Waals surface area contributed by atoms with Crippen molar-refractivity contribution in [1.82, 2.24) is 5.32 Å². The van der Waals surface area contributed by atoms with Crippen molar-refractivity contribution in [3.8, 4) is 0 Å². The molecule has 0 amide bonds. The number of rotatable bonds is 5. The number of nitrogens with one attached hydrogen (secondary N) is 1. The van der Waals surface area contributed by atoms with Crippen LogP contribution in [0, 0.1) is 5.92 Å². The van der Waals surface area contributed by atoms with E-state index in [1.54, 1.807) is 6.26 Å². The molecule has 1 fully saturated rings. The first-order chi connectivity index (χ1) is 9.43. The zero-order chi connectivity index (χ0) is 12.9. The molecule has 1 aliphatic rings. The maximum atomic E-state index is 5.57. The predicted molar refractivity (Wildman–Crippen MR) is 73.9 cm³/mol. The SMILES string of the molecule is c1ccc(C(NCC2CCOC2)c2ccco2)cc1. The normalized spacial score (nSPS) is 20.5. The van der Waals surface area contributed by atoms with Crippen molar-refractivity contribution in [2.45, 2.75) is 12.5 Å². The summed E-state index contributed by atoms with van der Waals surface area (Å²) in [4.78, 5) is 0. The summed E-state index contributed by atoms with van der Waals surface area (Å²) >= 11 is 0. The van der Waals surface area contributed by atoms with E-state index in [0.717, 1.165) is 31.9 Å². The molecule has 3 nitrogen and oxygen atoms in total. The molecule has 2 atom stereocenters. The van der Waals surface area contributed by atoms with Gasteiger partial charge < -0.3 is 14.5 Å². The van der Waals surface area contributed by atoms with E-state index >= 15 is 0 Å². The maximum Gasteiger partial charge on any atom is 0.125 e. The van der Waals surface area contributed by atoms with Crippen molar-refractivity contribution in [2.75, 3.05) is 19.8 Å². The average Bonchev–Trinajstić information content (AvgIpc) is 3.13. The molecule has 1 N–H and O–H groups in total. The van der Waals surface area contributed by atoms with E-state index in [9.17, 15) is 0 Å². The quantitative estimate of drug-likeness (QED) is 0.894. The number of benzene rings is 1. The molecule has 0 saturated carbocycles. The lowest BCUT2D eigenvalue weighted by molar-refractivity contribution is 0.184. The monoisotopic (exact) mass is 257 g/mol. The molecule has 2 heterocycles. The van der Waals surface area contributed by atoms with Gasteiger partial charge in [0.1, 0.15) is 5.76 Å². The Labute approximate surface area is 113 Å². The first-order valence-corrected chi connectivity index (χ1v) is 6.83. The Hall–Kier alpha value is -1.58. The second kappa shape index (κ2) is 6.04. The third-order valence-corrected chi connectivity index (χ3v) is 3.60. The number of ether oxygens (including phenoxy) is 1. The Bertz CT molecular complexity index is 475. The van der Waals surface area contributed by atoms with E-state index in [2.05, 4.69) is 29.6 Å². The molecule has 3 heteroatoms. The van der Waals surface area contributed by atoms with Crippen LogP contribution in [0.2, 0.25) is 0 Å². The minimum Gasteiger partial charge on any atom is -0.467 e. The Morgan fingerprint density at radius 2 is 2.05 bits per heavy atom. The van der Waals surface area contributed by atoms with Gasteiger partial charge in [-0.15, -0.1) is 0 Å². The highest BCUT2D eigenvalue weighted by atomic mass is 16.5. The van der Waals surface area contributed by atoms with Gasteiger partial charge in [-0.25, -0.2) is 0 Å². The van der Waals surface area contributed by atoms with E-state index in [1.165, 1.54) is 5.56 Å². The van der Waals surface area contributed by atoms with E-state index < -0.39 is 0 Å². The summed E-state index contributed by atoms with van der Waals surface area (Å²) in [5.74, 6) is 1.58. The first kappa shape index (κ1) is 12.5. The topological polar surface area (TPSA) is 34.4 Å². The number of hydrogen-bond acceptors (Lipinski definition) is 3. The summed E-state index contributed by atoms with van der Waals surface area (Å²) in [6.45, 7) is 2.72. The molecule has 3 rings (SSSR count). The zero-order valence-corrected chi connectivity index (χ0v) is 10.9. The summed E-state index contributed by atoms with van der Waals surface area (Å²) in [6, 6.07) is 14.5. The fraction of sp³-hybridized carbons (Fsp3) is 0.375. The van der Waals surface area contributed by atoms with E-state index in [0.29, 0.717) is 5.92 Å². The number of hydrogen-bond donors (Lipinski definition) is 1. The Balaban J connectivity index is 1.73. The van der Waals surface area contributed by atoms with Crippen LogP contribution in [0.15, 0.2) is 53.1 Å². The molecule has 0 aliphatic carbocycles. The fourth-order valence-electron chi connectivity index (χ4n) is 2.51. The van der Waals surface area contributed by atoms with Crippen LogP contribution in [-0.2, 0) is 4.74 Å². The summed E-state index contributed by atoms with van der Waals surface area (Å²) < 4.78 is 11.0. The van der Waals surface area contributed by atoms with Gasteiger partial charge in [0, 0.05) is 13.2 Å². The molecule has 0 radical (unpaired) electrons.